The number of pyridine rings is 6. The van der Waals surface area contributed by atoms with Crippen LogP contribution in [0.4, 0.5) is 17.5 Å². The first-order valence-corrected chi connectivity index (χ1v) is 31.9. The molecule has 0 fully saturated rings. The van der Waals surface area contributed by atoms with E-state index < -0.39 is 12.2 Å². The van der Waals surface area contributed by atoms with Gasteiger partial charge in [0.2, 0.25) is 0 Å². The number of rotatable bonds is 18. The number of aliphatic hydroxyl groups excluding tert-OH is 2. The van der Waals surface area contributed by atoms with Crippen molar-refractivity contribution in [3.8, 4) is 67.5 Å². The molecule has 15 aromatic rings. The van der Waals surface area contributed by atoms with Crippen LogP contribution in [0.5, 0.6) is 0 Å². The van der Waals surface area contributed by atoms with E-state index in [4.69, 9.17) is 29.9 Å². The van der Waals surface area contributed by atoms with Crippen molar-refractivity contribution in [2.24, 2.45) is 0 Å². The Morgan fingerprint density at radius 1 is 0.347 bits per heavy atom. The zero-order valence-corrected chi connectivity index (χ0v) is 53.5. The zero-order chi connectivity index (χ0) is 67.0. The first kappa shape index (κ1) is 64.0. The highest BCUT2D eigenvalue weighted by Gasteiger charge is 2.20. The van der Waals surface area contributed by atoms with Gasteiger partial charge in [-0.15, -0.1) is 0 Å². The topological polar surface area (TPSA) is 248 Å². The molecule has 0 amide bonds. The lowest BCUT2D eigenvalue weighted by molar-refractivity contribution is 0.112. The summed E-state index contributed by atoms with van der Waals surface area (Å²) in [6.07, 6.45) is 14.8. The predicted octanol–water partition coefficient (Wildman–Crippen LogP) is 16.0. The fourth-order valence-corrected chi connectivity index (χ4v) is 11.2. The third-order valence-electron chi connectivity index (χ3n) is 16.1. The van der Waals surface area contributed by atoms with Gasteiger partial charge >= 0.3 is 0 Å². The average molecular weight is 1280 g/mol. The van der Waals surface area contributed by atoms with Crippen molar-refractivity contribution in [1.29, 1.82) is 0 Å². The summed E-state index contributed by atoms with van der Waals surface area (Å²) >= 11 is 0. The highest BCUT2D eigenvalue weighted by atomic mass is 16.3. The highest BCUT2D eigenvalue weighted by Crippen LogP contribution is 2.38. The van der Waals surface area contributed by atoms with Crippen molar-refractivity contribution >= 4 is 56.4 Å². The van der Waals surface area contributed by atoms with E-state index in [1.165, 1.54) is 6.20 Å². The molecule has 9 aromatic heterocycles. The van der Waals surface area contributed by atoms with Crippen LogP contribution in [-0.2, 0) is 19.6 Å². The Labute approximate surface area is 565 Å². The Kier molecular flexibility index (Phi) is 19.9. The van der Waals surface area contributed by atoms with Gasteiger partial charge in [-0.2, -0.15) is 0 Å². The minimum atomic E-state index is -0.621. The lowest BCUT2D eigenvalue weighted by Gasteiger charge is -2.15. The predicted molar refractivity (Wildman–Crippen MR) is 386 cm³/mol. The maximum Gasteiger partial charge on any atom is 0.163 e. The molecule has 5 N–H and O–H groups in total. The number of benzene rings is 6. The second-order valence-electron chi connectivity index (χ2n) is 22.9. The Morgan fingerprint density at radius 2 is 0.673 bits per heavy atom. The van der Waals surface area contributed by atoms with E-state index in [9.17, 15) is 15.0 Å². The minimum absolute atomic E-state index is 0.479. The molecule has 0 bridgehead atoms. The van der Waals surface area contributed by atoms with Crippen molar-refractivity contribution < 1.29 is 15.0 Å². The fraction of sp³-hybridized carbons (Fsp3) is 0.0875. The van der Waals surface area contributed by atoms with E-state index >= 15 is 0 Å². The third-order valence-corrected chi connectivity index (χ3v) is 16.1. The van der Waals surface area contributed by atoms with Crippen LogP contribution in [0, 0.1) is 0 Å². The number of aldehydes is 1. The molecule has 0 aliphatic heterocycles. The lowest BCUT2D eigenvalue weighted by Crippen LogP contribution is -2.06. The number of fused-ring (bicyclic) bond motifs is 3. The van der Waals surface area contributed by atoms with Crippen LogP contribution in [0.15, 0.2) is 274 Å². The van der Waals surface area contributed by atoms with Crippen LogP contribution in [0.2, 0.25) is 0 Å². The van der Waals surface area contributed by atoms with Crippen LogP contribution in [0.3, 0.4) is 0 Å². The summed E-state index contributed by atoms with van der Waals surface area (Å²) in [6.45, 7) is 5.01. The van der Waals surface area contributed by atoms with Crippen molar-refractivity contribution in [3.05, 3.63) is 308 Å². The van der Waals surface area contributed by atoms with Gasteiger partial charge in [0.15, 0.2) is 23.8 Å². The van der Waals surface area contributed by atoms with Crippen molar-refractivity contribution in [3.63, 3.8) is 0 Å². The van der Waals surface area contributed by atoms with E-state index in [2.05, 4.69) is 100 Å². The molecule has 0 aliphatic rings. The normalized spacial score (nSPS) is 11.6. The van der Waals surface area contributed by atoms with E-state index in [1.54, 1.807) is 69.5 Å². The third kappa shape index (κ3) is 15.2. The second kappa shape index (κ2) is 30.5. The molecule has 478 valence electrons. The summed E-state index contributed by atoms with van der Waals surface area (Å²) in [7, 11) is 0. The molecule has 18 nitrogen and oxygen atoms in total. The number of hydrogen-bond donors (Lipinski definition) is 5. The SMILES string of the molecule is CC(O)c1cncc(-c2nc(NCc3ccccn3)c3c(-c4ccccc4)cccc3n2)c1.CC(O)c1cncc(-c2nc(NCc3ccccn3)c3c(-c4ccccc4)cccc3n2)c1.O=Cc1cncc(-c2nc(NCc3ccccn3)c3c(-c4ccccc4)cccc3n2)c1. The van der Waals surface area contributed by atoms with Gasteiger partial charge in [-0.05, 0) is 131 Å². The summed E-state index contributed by atoms with van der Waals surface area (Å²) in [6, 6.07) is 71.8. The van der Waals surface area contributed by atoms with Crippen LogP contribution < -0.4 is 16.0 Å². The summed E-state index contributed by atoms with van der Waals surface area (Å²) < 4.78 is 0. The molecule has 9 heterocycles. The molecule has 0 spiro atoms. The van der Waals surface area contributed by atoms with Gasteiger partial charge in [0.1, 0.15) is 17.5 Å². The molecule has 2 unspecified atom stereocenters. The summed E-state index contributed by atoms with van der Waals surface area (Å²) in [5.74, 6) is 3.75. The number of nitrogens with zero attached hydrogens (tertiary/aromatic N) is 12. The van der Waals surface area contributed by atoms with E-state index in [1.807, 2.05) is 158 Å². The molecule has 0 aliphatic carbocycles. The first-order chi connectivity index (χ1) is 48.2. The van der Waals surface area contributed by atoms with Crippen molar-refractivity contribution in [2.45, 2.75) is 45.7 Å². The number of aliphatic hydroxyl groups is 2. The molecule has 15 rings (SSSR count). The molecule has 98 heavy (non-hydrogen) atoms. The molecule has 0 saturated carbocycles. The maximum absolute atomic E-state index is 11.2. The van der Waals surface area contributed by atoms with Gasteiger partial charge < -0.3 is 26.2 Å². The van der Waals surface area contributed by atoms with Crippen LogP contribution in [-0.4, -0.2) is 76.3 Å². The number of aromatic nitrogens is 12. The molecular formula is C80H65N15O3. The Morgan fingerprint density at radius 3 is 0.990 bits per heavy atom. The molecule has 2 atom stereocenters. The molecule has 18 heteroatoms. The average Bonchev–Trinajstić information content (AvgIpc) is 0.788. The van der Waals surface area contributed by atoms with Gasteiger partial charge in [-0.1, -0.05) is 146 Å². The van der Waals surface area contributed by atoms with E-state index in [-0.39, 0.29) is 0 Å². The second-order valence-corrected chi connectivity index (χ2v) is 22.9. The minimum Gasteiger partial charge on any atom is -0.389 e. The zero-order valence-electron chi connectivity index (χ0n) is 53.5. The summed E-state index contributed by atoms with van der Waals surface area (Å²) in [4.78, 5) is 66.4. The monoisotopic (exact) mass is 1280 g/mol. The number of anilines is 3. The van der Waals surface area contributed by atoms with Crippen LogP contribution in [0.25, 0.3) is 100 Å². The maximum atomic E-state index is 11.2. The summed E-state index contributed by atoms with van der Waals surface area (Å²) in [5.41, 5.74) is 15.7. The summed E-state index contributed by atoms with van der Waals surface area (Å²) in [5, 5.41) is 33.2. The van der Waals surface area contributed by atoms with Gasteiger partial charge in [0, 0.05) is 78.0 Å². The fourth-order valence-electron chi connectivity index (χ4n) is 11.2. The van der Waals surface area contributed by atoms with Gasteiger partial charge in [0.25, 0.3) is 0 Å². The highest BCUT2D eigenvalue weighted by molar-refractivity contribution is 6.05. The van der Waals surface area contributed by atoms with Crippen LogP contribution in [0.1, 0.15) is 64.6 Å². The first-order valence-electron chi connectivity index (χ1n) is 31.9. The standard InChI is InChI=1S/2C27H23N5O.C26H19N5O/c2*1-18(33)20-14-21(16-28-15-20)26-31-24-12-7-11-23(19-8-3-2-4-9-19)25(24)27(32-26)30-17-22-10-5-6-13-29-22;32-17-18-13-20(15-27-14-18)25-30-23-11-6-10-22(19-7-2-1-3-8-19)24(23)26(31-25)29-16-21-9-4-5-12-28-21/h2*2-16,18,33H,17H2,1H3,(H,30,31,32);1-15,17H,16H2,(H,29,30,31). The van der Waals surface area contributed by atoms with Gasteiger partial charge in [-0.3, -0.25) is 34.7 Å². The Hall–Kier alpha value is -12.8. The van der Waals surface area contributed by atoms with E-state index in [0.29, 0.717) is 54.1 Å². The van der Waals surface area contributed by atoms with E-state index in [0.717, 1.165) is 123 Å². The van der Waals surface area contributed by atoms with Gasteiger partial charge in [-0.25, -0.2) is 29.9 Å². The Balaban J connectivity index is 0.000000132. The number of carbonyl (C=O) groups is 1. The van der Waals surface area contributed by atoms with Crippen LogP contribution >= 0.6 is 0 Å². The quantitative estimate of drug-likeness (QED) is 0.0501. The number of carbonyl (C=O) groups excluding carboxylic acids is 1. The lowest BCUT2D eigenvalue weighted by atomic mass is 10.0. The number of hydrogen-bond acceptors (Lipinski definition) is 18. The largest absolute Gasteiger partial charge is 0.389 e. The molecule has 6 aromatic carbocycles. The molecule has 0 radical (unpaired) electrons. The molecule has 0 saturated heterocycles. The number of nitrogens with one attached hydrogen (secondary N) is 3. The van der Waals surface area contributed by atoms with Gasteiger partial charge in [0.05, 0.1) is 81.6 Å². The smallest absolute Gasteiger partial charge is 0.163 e. The van der Waals surface area contributed by atoms with Crippen molar-refractivity contribution in [2.75, 3.05) is 16.0 Å². The molecular weight excluding hydrogens is 1220 g/mol. The Bertz CT molecular complexity index is 4980. The van der Waals surface area contributed by atoms with Crippen molar-refractivity contribution in [1.82, 2.24) is 59.8 Å².